The van der Waals surface area contributed by atoms with E-state index in [4.69, 9.17) is 4.74 Å². The molecule has 6 nitrogen and oxygen atoms in total. The molecule has 0 aromatic carbocycles. The lowest BCUT2D eigenvalue weighted by Gasteiger charge is -2.22. The molecule has 0 heterocycles. The highest BCUT2D eigenvalue weighted by molar-refractivity contribution is 5.76. The molecule has 0 aliphatic carbocycles. The van der Waals surface area contributed by atoms with Crippen molar-refractivity contribution in [2.24, 2.45) is 0 Å². The van der Waals surface area contributed by atoms with E-state index >= 15 is 0 Å². The van der Waals surface area contributed by atoms with Crippen LogP contribution in [0.5, 0.6) is 0 Å². The van der Waals surface area contributed by atoms with Gasteiger partial charge in [-0.1, -0.05) is 263 Å². The summed E-state index contributed by atoms with van der Waals surface area (Å²) in [4.78, 5) is 24.5. The zero-order valence-corrected chi connectivity index (χ0v) is 43.0. The van der Waals surface area contributed by atoms with E-state index in [0.717, 1.165) is 70.6 Å². The molecule has 2 atom stereocenters. The Morgan fingerprint density at radius 2 is 0.766 bits per heavy atom. The first-order valence-electron chi connectivity index (χ1n) is 28.6. The van der Waals surface area contributed by atoms with Gasteiger partial charge < -0.3 is 20.3 Å². The molecule has 378 valence electrons. The van der Waals surface area contributed by atoms with E-state index in [1.165, 1.54) is 205 Å². The summed E-state index contributed by atoms with van der Waals surface area (Å²) in [5, 5.41) is 23.2. The van der Waals surface area contributed by atoms with Crippen LogP contribution >= 0.6 is 0 Å². The van der Waals surface area contributed by atoms with Crippen LogP contribution in [0.2, 0.25) is 0 Å². The molecule has 0 spiro atoms. The summed E-state index contributed by atoms with van der Waals surface area (Å²) in [5.41, 5.74) is 0. The topological polar surface area (TPSA) is 95.9 Å². The third-order valence-electron chi connectivity index (χ3n) is 13.3. The zero-order valence-electron chi connectivity index (χ0n) is 43.0. The van der Waals surface area contributed by atoms with Crippen molar-refractivity contribution < 1.29 is 24.5 Å². The van der Waals surface area contributed by atoms with Gasteiger partial charge in [0.25, 0.3) is 0 Å². The Balaban J connectivity index is 3.46. The van der Waals surface area contributed by atoms with Crippen LogP contribution in [0.3, 0.4) is 0 Å². The van der Waals surface area contributed by atoms with Gasteiger partial charge in [0.2, 0.25) is 5.91 Å². The minimum absolute atomic E-state index is 0.0103. The van der Waals surface area contributed by atoms with Gasteiger partial charge in [-0.2, -0.15) is 0 Å². The molecular weight excluding hydrogens is 791 g/mol. The van der Waals surface area contributed by atoms with Crippen LogP contribution in [0, 0.1) is 0 Å². The molecule has 0 rings (SSSR count). The molecular formula is C58H111NO5. The van der Waals surface area contributed by atoms with Gasteiger partial charge in [0.15, 0.2) is 0 Å². The summed E-state index contributed by atoms with van der Waals surface area (Å²) in [6.07, 6.45) is 64.5. The predicted molar refractivity (Wildman–Crippen MR) is 278 cm³/mol. The maximum Gasteiger partial charge on any atom is 0.305 e. The highest BCUT2D eigenvalue weighted by Crippen LogP contribution is 2.17. The van der Waals surface area contributed by atoms with Crippen LogP contribution in [0.15, 0.2) is 24.3 Å². The number of allylic oxidation sites excluding steroid dienone is 4. The number of carbonyl (C=O) groups excluding carboxylic acids is 2. The van der Waals surface area contributed by atoms with E-state index in [1.807, 2.05) is 0 Å². The van der Waals surface area contributed by atoms with Crippen molar-refractivity contribution in [3.05, 3.63) is 24.3 Å². The first kappa shape index (κ1) is 62.3. The molecule has 0 radical (unpaired) electrons. The van der Waals surface area contributed by atoms with Gasteiger partial charge in [-0.25, -0.2) is 0 Å². The number of carbonyl (C=O) groups is 2. The summed E-state index contributed by atoms with van der Waals surface area (Å²) >= 11 is 0. The summed E-state index contributed by atoms with van der Waals surface area (Å²) < 4.78 is 5.46. The number of amides is 1. The summed E-state index contributed by atoms with van der Waals surface area (Å²) in [7, 11) is 0. The van der Waals surface area contributed by atoms with Crippen molar-refractivity contribution in [1.82, 2.24) is 5.32 Å². The number of unbranched alkanes of at least 4 members (excludes halogenated alkanes) is 39. The number of nitrogens with one attached hydrogen (secondary N) is 1. The van der Waals surface area contributed by atoms with Crippen molar-refractivity contribution in [2.45, 2.75) is 321 Å². The molecule has 64 heavy (non-hydrogen) atoms. The average molecular weight is 903 g/mol. The van der Waals surface area contributed by atoms with Gasteiger partial charge in [-0.15, -0.1) is 0 Å². The van der Waals surface area contributed by atoms with Gasteiger partial charge in [0.05, 0.1) is 25.4 Å². The SMILES string of the molecule is CCCCCCCCCCCCCCCCCC(=O)OCCCCC/C=C\C=C/CCCCCCCCCCCCC(=O)NC(CO)C(O)CCCCCCCCCCCCCCC. The molecule has 0 aliphatic heterocycles. The van der Waals surface area contributed by atoms with Gasteiger partial charge >= 0.3 is 5.97 Å². The lowest BCUT2D eigenvalue weighted by molar-refractivity contribution is -0.143. The normalized spacial score (nSPS) is 12.8. The number of rotatable bonds is 53. The van der Waals surface area contributed by atoms with Crippen molar-refractivity contribution in [2.75, 3.05) is 13.2 Å². The second-order valence-corrected chi connectivity index (χ2v) is 19.7. The maximum atomic E-state index is 12.4. The van der Waals surface area contributed by atoms with Crippen molar-refractivity contribution in [3.8, 4) is 0 Å². The second kappa shape index (κ2) is 54.0. The monoisotopic (exact) mass is 902 g/mol. The van der Waals surface area contributed by atoms with Crippen LogP contribution in [0.25, 0.3) is 0 Å². The van der Waals surface area contributed by atoms with Crippen LogP contribution in [0.1, 0.15) is 309 Å². The van der Waals surface area contributed by atoms with E-state index in [-0.39, 0.29) is 18.5 Å². The number of esters is 1. The summed E-state index contributed by atoms with van der Waals surface area (Å²) in [6.45, 7) is 4.92. The van der Waals surface area contributed by atoms with Crippen LogP contribution < -0.4 is 5.32 Å². The molecule has 0 saturated carbocycles. The average Bonchev–Trinajstić information content (AvgIpc) is 3.29. The summed E-state index contributed by atoms with van der Waals surface area (Å²) in [6, 6.07) is -0.548. The third kappa shape index (κ3) is 49.8. The molecule has 0 aliphatic rings. The molecule has 0 aromatic heterocycles. The van der Waals surface area contributed by atoms with Gasteiger partial charge in [0.1, 0.15) is 0 Å². The van der Waals surface area contributed by atoms with E-state index in [9.17, 15) is 19.8 Å². The van der Waals surface area contributed by atoms with E-state index in [2.05, 4.69) is 43.5 Å². The smallest absolute Gasteiger partial charge is 0.305 e. The Hall–Kier alpha value is -1.66. The van der Waals surface area contributed by atoms with Gasteiger partial charge in [-0.05, 0) is 57.8 Å². The third-order valence-corrected chi connectivity index (χ3v) is 13.3. The Labute approximate surface area is 399 Å². The number of ether oxygens (including phenoxy) is 1. The van der Waals surface area contributed by atoms with Crippen molar-refractivity contribution in [3.63, 3.8) is 0 Å². The lowest BCUT2D eigenvalue weighted by atomic mass is 10.0. The summed E-state index contributed by atoms with van der Waals surface area (Å²) in [5.74, 6) is -0.0546. The van der Waals surface area contributed by atoms with Crippen LogP contribution in [0.4, 0.5) is 0 Å². The maximum absolute atomic E-state index is 12.4. The Morgan fingerprint density at radius 3 is 1.16 bits per heavy atom. The van der Waals surface area contributed by atoms with Gasteiger partial charge in [-0.3, -0.25) is 9.59 Å². The largest absolute Gasteiger partial charge is 0.466 e. The first-order valence-corrected chi connectivity index (χ1v) is 28.6. The molecule has 1 amide bonds. The molecule has 0 bridgehead atoms. The first-order chi connectivity index (χ1) is 31.5. The lowest BCUT2D eigenvalue weighted by Crippen LogP contribution is -2.45. The van der Waals surface area contributed by atoms with Gasteiger partial charge in [0, 0.05) is 12.8 Å². The Kier molecular flexibility index (Phi) is 52.6. The Morgan fingerprint density at radius 1 is 0.438 bits per heavy atom. The second-order valence-electron chi connectivity index (χ2n) is 19.7. The fraction of sp³-hybridized carbons (Fsp3) is 0.897. The minimum Gasteiger partial charge on any atom is -0.466 e. The molecule has 6 heteroatoms. The standard InChI is InChI=1S/C58H111NO5/c1-3-5-7-9-11-13-15-17-23-28-32-36-40-44-48-52-58(63)64-53-49-45-41-37-33-29-25-22-20-18-19-21-24-27-31-35-39-43-47-51-57(62)59-55(54-60)56(61)50-46-42-38-34-30-26-16-14-12-10-8-6-4-2/h22,25,29,33,55-56,60-61H,3-21,23-24,26-28,30-32,34-54H2,1-2H3,(H,59,62)/b25-22-,33-29-. The Bertz CT molecular complexity index is 997. The minimum atomic E-state index is -0.670. The number of hydrogen-bond acceptors (Lipinski definition) is 5. The van der Waals surface area contributed by atoms with E-state index in [0.29, 0.717) is 25.9 Å². The highest BCUT2D eigenvalue weighted by atomic mass is 16.5. The van der Waals surface area contributed by atoms with E-state index < -0.39 is 12.1 Å². The quantitative estimate of drug-likeness (QED) is 0.0321. The molecule has 0 saturated heterocycles. The predicted octanol–water partition coefficient (Wildman–Crippen LogP) is 17.5. The van der Waals surface area contributed by atoms with Crippen LogP contribution in [-0.2, 0) is 14.3 Å². The molecule has 2 unspecified atom stereocenters. The van der Waals surface area contributed by atoms with Crippen LogP contribution in [-0.4, -0.2) is 47.4 Å². The number of aliphatic hydroxyl groups excluding tert-OH is 2. The van der Waals surface area contributed by atoms with Crippen molar-refractivity contribution in [1.29, 1.82) is 0 Å². The number of hydrogen-bond donors (Lipinski definition) is 3. The fourth-order valence-electron chi connectivity index (χ4n) is 8.87. The zero-order chi connectivity index (χ0) is 46.5. The van der Waals surface area contributed by atoms with E-state index in [1.54, 1.807) is 0 Å². The van der Waals surface area contributed by atoms with Crippen molar-refractivity contribution >= 4 is 11.9 Å². The molecule has 0 aromatic rings. The molecule has 0 fully saturated rings. The fourth-order valence-corrected chi connectivity index (χ4v) is 8.87. The number of aliphatic hydroxyl groups is 2. The molecule has 3 N–H and O–H groups in total. The highest BCUT2D eigenvalue weighted by Gasteiger charge is 2.20.